The number of hydrogen-bond donors (Lipinski definition) is 1. The van der Waals surface area contributed by atoms with Gasteiger partial charge in [-0.3, -0.25) is 0 Å². The SMILES string of the molecule is Cc1ncc(CN(C)C(=O)Nc2cc(C(F)(F)F)ccc2N2CCCCC2)s1. The predicted octanol–water partition coefficient (Wildman–Crippen LogP) is 5.12. The van der Waals surface area contributed by atoms with Crippen LogP contribution in [0.5, 0.6) is 0 Å². The van der Waals surface area contributed by atoms with Crippen LogP contribution in [0.1, 0.15) is 34.7 Å². The molecule has 152 valence electrons. The number of carbonyl (C=O) groups excluding carboxylic acids is 1. The minimum atomic E-state index is -4.47. The Kier molecular flexibility index (Phi) is 6.12. The Balaban J connectivity index is 1.81. The zero-order chi connectivity index (χ0) is 20.3. The van der Waals surface area contributed by atoms with Crippen molar-refractivity contribution >= 4 is 28.7 Å². The molecule has 0 spiro atoms. The number of anilines is 2. The van der Waals surface area contributed by atoms with E-state index in [0.29, 0.717) is 12.2 Å². The van der Waals surface area contributed by atoms with Crippen LogP contribution in [0.4, 0.5) is 29.3 Å². The maximum Gasteiger partial charge on any atom is 0.416 e. The van der Waals surface area contributed by atoms with E-state index in [2.05, 4.69) is 10.3 Å². The normalized spacial score (nSPS) is 14.8. The van der Waals surface area contributed by atoms with Gasteiger partial charge >= 0.3 is 12.2 Å². The van der Waals surface area contributed by atoms with Gasteiger partial charge in [0.25, 0.3) is 0 Å². The van der Waals surface area contributed by atoms with E-state index in [1.165, 1.54) is 22.3 Å². The summed E-state index contributed by atoms with van der Waals surface area (Å²) < 4.78 is 39.6. The molecule has 5 nitrogen and oxygen atoms in total. The van der Waals surface area contributed by atoms with Crippen LogP contribution in [0.15, 0.2) is 24.4 Å². The van der Waals surface area contributed by atoms with E-state index >= 15 is 0 Å². The third kappa shape index (κ3) is 4.95. The van der Waals surface area contributed by atoms with Gasteiger partial charge in [-0.05, 0) is 44.4 Å². The van der Waals surface area contributed by atoms with Crippen LogP contribution in [0.3, 0.4) is 0 Å². The molecule has 2 aromatic rings. The summed E-state index contributed by atoms with van der Waals surface area (Å²) in [4.78, 5) is 21.2. The van der Waals surface area contributed by atoms with Gasteiger partial charge in [0.15, 0.2) is 0 Å². The average Bonchev–Trinajstić information content (AvgIpc) is 3.06. The monoisotopic (exact) mass is 412 g/mol. The first kappa shape index (κ1) is 20.4. The van der Waals surface area contributed by atoms with Crippen molar-refractivity contribution in [2.24, 2.45) is 0 Å². The van der Waals surface area contributed by atoms with E-state index < -0.39 is 17.8 Å². The van der Waals surface area contributed by atoms with Gasteiger partial charge in [-0.2, -0.15) is 13.2 Å². The topological polar surface area (TPSA) is 48.5 Å². The van der Waals surface area contributed by atoms with Crippen molar-refractivity contribution in [2.45, 2.75) is 38.9 Å². The molecule has 0 saturated carbocycles. The Bertz CT molecular complexity index is 831. The second kappa shape index (κ2) is 8.38. The molecule has 1 aromatic heterocycles. The highest BCUT2D eigenvalue weighted by Crippen LogP contribution is 2.36. The Labute approximate surface area is 166 Å². The Morgan fingerprint density at radius 1 is 1.29 bits per heavy atom. The Hall–Kier alpha value is -2.29. The van der Waals surface area contributed by atoms with Gasteiger partial charge in [0.2, 0.25) is 0 Å². The number of carbonyl (C=O) groups is 1. The summed E-state index contributed by atoms with van der Waals surface area (Å²) in [5.74, 6) is 0. The smallest absolute Gasteiger partial charge is 0.370 e. The molecule has 1 fully saturated rings. The van der Waals surface area contributed by atoms with Crippen LogP contribution >= 0.6 is 11.3 Å². The molecular formula is C19H23F3N4OS. The second-order valence-electron chi connectivity index (χ2n) is 6.91. The molecule has 1 N–H and O–H groups in total. The number of piperidine rings is 1. The number of benzene rings is 1. The van der Waals surface area contributed by atoms with E-state index in [4.69, 9.17) is 0 Å². The molecule has 0 atom stereocenters. The lowest BCUT2D eigenvalue weighted by Gasteiger charge is -2.31. The number of aromatic nitrogens is 1. The summed E-state index contributed by atoms with van der Waals surface area (Å²) in [6.07, 6.45) is 0.313. The molecule has 2 heterocycles. The number of halogens is 3. The van der Waals surface area contributed by atoms with E-state index in [1.807, 2.05) is 11.8 Å². The molecule has 3 rings (SSSR count). The summed E-state index contributed by atoms with van der Waals surface area (Å²) in [6, 6.07) is 3.09. The zero-order valence-corrected chi connectivity index (χ0v) is 16.7. The first-order valence-electron chi connectivity index (χ1n) is 9.13. The number of nitrogens with one attached hydrogen (secondary N) is 1. The van der Waals surface area contributed by atoms with Gasteiger partial charge in [0.1, 0.15) is 0 Å². The number of hydrogen-bond acceptors (Lipinski definition) is 4. The number of rotatable bonds is 4. The molecule has 2 amide bonds. The molecule has 1 saturated heterocycles. The van der Waals surface area contributed by atoms with E-state index in [-0.39, 0.29) is 5.69 Å². The van der Waals surface area contributed by atoms with Crippen LogP contribution in [-0.2, 0) is 12.7 Å². The first-order chi connectivity index (χ1) is 13.2. The minimum Gasteiger partial charge on any atom is -0.370 e. The summed E-state index contributed by atoms with van der Waals surface area (Å²) in [5, 5.41) is 3.57. The van der Waals surface area contributed by atoms with Crippen LogP contribution in [-0.4, -0.2) is 36.1 Å². The number of alkyl halides is 3. The Morgan fingerprint density at radius 2 is 2.00 bits per heavy atom. The summed E-state index contributed by atoms with van der Waals surface area (Å²) >= 11 is 1.48. The molecule has 1 aliphatic rings. The molecule has 1 aromatic carbocycles. The highest BCUT2D eigenvalue weighted by Gasteiger charge is 2.32. The van der Waals surface area contributed by atoms with Crippen molar-refractivity contribution in [3.05, 3.63) is 39.8 Å². The van der Waals surface area contributed by atoms with Crippen molar-refractivity contribution in [3.8, 4) is 0 Å². The fraction of sp³-hybridized carbons (Fsp3) is 0.474. The van der Waals surface area contributed by atoms with Gasteiger partial charge in [-0.25, -0.2) is 9.78 Å². The standard InChI is InChI=1S/C19H23F3N4OS/c1-13-23-11-15(28-13)12-25(2)18(27)24-16-10-14(19(20,21)22)6-7-17(16)26-8-4-3-5-9-26/h6-7,10-11H,3-5,8-9,12H2,1-2H3,(H,24,27). The van der Waals surface area contributed by atoms with Gasteiger partial charge < -0.3 is 15.1 Å². The summed E-state index contributed by atoms with van der Waals surface area (Å²) in [6.45, 7) is 3.76. The number of amides is 2. The Morgan fingerprint density at radius 3 is 2.61 bits per heavy atom. The summed E-state index contributed by atoms with van der Waals surface area (Å²) in [7, 11) is 1.61. The van der Waals surface area contributed by atoms with E-state index in [9.17, 15) is 18.0 Å². The maximum atomic E-state index is 13.2. The fourth-order valence-corrected chi connectivity index (χ4v) is 4.07. The van der Waals surface area contributed by atoms with Crippen molar-refractivity contribution in [1.82, 2.24) is 9.88 Å². The van der Waals surface area contributed by atoms with Gasteiger partial charge in [-0.15, -0.1) is 11.3 Å². The molecule has 0 unspecified atom stereocenters. The number of nitrogens with zero attached hydrogens (tertiary/aromatic N) is 3. The molecular weight excluding hydrogens is 389 g/mol. The molecule has 0 bridgehead atoms. The highest BCUT2D eigenvalue weighted by atomic mass is 32.1. The van der Waals surface area contributed by atoms with E-state index in [0.717, 1.165) is 54.4 Å². The number of urea groups is 1. The van der Waals surface area contributed by atoms with Crippen LogP contribution in [0.25, 0.3) is 0 Å². The summed E-state index contributed by atoms with van der Waals surface area (Å²) in [5.41, 5.74) is 0.0430. The minimum absolute atomic E-state index is 0.189. The molecule has 28 heavy (non-hydrogen) atoms. The molecule has 9 heteroatoms. The molecule has 0 radical (unpaired) electrons. The third-order valence-electron chi connectivity index (χ3n) is 4.67. The van der Waals surface area contributed by atoms with Crippen molar-refractivity contribution in [1.29, 1.82) is 0 Å². The molecule has 0 aliphatic carbocycles. The predicted molar refractivity (Wildman–Crippen MR) is 105 cm³/mol. The highest BCUT2D eigenvalue weighted by molar-refractivity contribution is 7.11. The van der Waals surface area contributed by atoms with Crippen LogP contribution in [0, 0.1) is 6.92 Å². The first-order valence-corrected chi connectivity index (χ1v) is 9.95. The van der Waals surface area contributed by atoms with Crippen molar-refractivity contribution in [2.75, 3.05) is 30.4 Å². The maximum absolute atomic E-state index is 13.2. The van der Waals surface area contributed by atoms with Crippen LogP contribution in [0.2, 0.25) is 0 Å². The van der Waals surface area contributed by atoms with Crippen LogP contribution < -0.4 is 10.2 Å². The largest absolute Gasteiger partial charge is 0.416 e. The average molecular weight is 412 g/mol. The lowest BCUT2D eigenvalue weighted by molar-refractivity contribution is -0.137. The lowest BCUT2D eigenvalue weighted by atomic mass is 10.1. The third-order valence-corrected chi connectivity index (χ3v) is 5.57. The quantitative estimate of drug-likeness (QED) is 0.758. The fourth-order valence-electron chi connectivity index (χ4n) is 3.22. The van der Waals surface area contributed by atoms with Crippen molar-refractivity contribution in [3.63, 3.8) is 0 Å². The van der Waals surface area contributed by atoms with E-state index in [1.54, 1.807) is 13.2 Å². The lowest BCUT2D eigenvalue weighted by Crippen LogP contribution is -2.33. The van der Waals surface area contributed by atoms with Gasteiger partial charge in [0.05, 0.1) is 28.5 Å². The van der Waals surface area contributed by atoms with Gasteiger partial charge in [0, 0.05) is 31.2 Å². The second-order valence-corrected chi connectivity index (χ2v) is 8.23. The number of aryl methyl sites for hydroxylation is 1. The number of thiazole rings is 1. The molecule has 1 aliphatic heterocycles. The van der Waals surface area contributed by atoms with Crippen molar-refractivity contribution < 1.29 is 18.0 Å². The zero-order valence-electron chi connectivity index (χ0n) is 15.8. The van der Waals surface area contributed by atoms with Gasteiger partial charge in [-0.1, -0.05) is 0 Å².